The van der Waals surface area contributed by atoms with E-state index >= 15 is 0 Å². The molecule has 0 saturated carbocycles. The summed E-state index contributed by atoms with van der Waals surface area (Å²) in [4.78, 5) is 19.5. The number of aryl methyl sites for hydroxylation is 2. The summed E-state index contributed by atoms with van der Waals surface area (Å²) < 4.78 is 6.51. The predicted octanol–water partition coefficient (Wildman–Crippen LogP) is 4.97. The van der Waals surface area contributed by atoms with Crippen molar-refractivity contribution in [3.8, 4) is 11.4 Å². The monoisotopic (exact) mass is 468 g/mol. The molecule has 0 aliphatic carbocycles. The Morgan fingerprint density at radius 1 is 1.27 bits per heavy atom. The first-order valence-electron chi connectivity index (χ1n) is 10.2. The van der Waals surface area contributed by atoms with Crippen molar-refractivity contribution in [2.24, 2.45) is 5.92 Å². The minimum Gasteiger partial charge on any atom is -0.338 e. The number of hydrogen-bond acceptors (Lipinski definition) is 5. The second kappa shape index (κ2) is 9.10. The van der Waals surface area contributed by atoms with Crippen molar-refractivity contribution in [1.29, 1.82) is 0 Å². The lowest BCUT2D eigenvalue weighted by atomic mass is 9.97. The zero-order valence-corrected chi connectivity index (χ0v) is 18.8. The van der Waals surface area contributed by atoms with Crippen LogP contribution in [0.2, 0.25) is 0 Å². The molecule has 30 heavy (non-hydrogen) atoms. The molecule has 2 aromatic carbocycles. The molecular weight excluding hydrogens is 444 g/mol. The van der Waals surface area contributed by atoms with Gasteiger partial charge in [-0.25, -0.2) is 0 Å². The molecule has 1 atom stereocenters. The Morgan fingerprint density at radius 2 is 2.13 bits per heavy atom. The zero-order valence-electron chi connectivity index (χ0n) is 17.2. The number of carbonyl (C=O) groups is 1. The van der Waals surface area contributed by atoms with E-state index in [2.05, 4.69) is 36.3 Å². The number of halogens is 1. The van der Waals surface area contributed by atoms with E-state index in [1.54, 1.807) is 0 Å². The lowest BCUT2D eigenvalue weighted by Crippen LogP contribution is -2.40. The first-order valence-corrected chi connectivity index (χ1v) is 11.0. The van der Waals surface area contributed by atoms with Gasteiger partial charge in [-0.15, -0.1) is 0 Å². The maximum atomic E-state index is 12.8. The average Bonchev–Trinajstić information content (AvgIpc) is 3.19. The van der Waals surface area contributed by atoms with Gasteiger partial charge in [0, 0.05) is 22.3 Å². The summed E-state index contributed by atoms with van der Waals surface area (Å²) in [6, 6.07) is 13.9. The Bertz CT molecular complexity index is 1050. The molecule has 1 aliphatic heterocycles. The highest BCUT2D eigenvalue weighted by molar-refractivity contribution is 9.10. The molecule has 0 spiro atoms. The van der Waals surface area contributed by atoms with Gasteiger partial charge in [-0.2, -0.15) is 4.98 Å². The van der Waals surface area contributed by atoms with Crippen LogP contribution in [0.15, 0.2) is 51.5 Å². The van der Waals surface area contributed by atoms with Crippen LogP contribution in [0.3, 0.4) is 0 Å². The first kappa shape index (κ1) is 20.8. The Morgan fingerprint density at radius 3 is 2.93 bits per heavy atom. The minimum atomic E-state index is -0.0538. The summed E-state index contributed by atoms with van der Waals surface area (Å²) in [5, 5.41) is 7.18. The van der Waals surface area contributed by atoms with E-state index in [0.717, 1.165) is 46.2 Å². The van der Waals surface area contributed by atoms with Crippen LogP contribution in [-0.4, -0.2) is 34.0 Å². The normalized spacial score (nSPS) is 17.1. The number of nitrogens with zero attached hydrogens (tertiary/aromatic N) is 3. The van der Waals surface area contributed by atoms with Gasteiger partial charge in [0.1, 0.15) is 0 Å². The molecule has 1 saturated heterocycles. The molecule has 1 aliphatic rings. The van der Waals surface area contributed by atoms with Crippen molar-refractivity contribution in [2.45, 2.75) is 33.2 Å². The fourth-order valence-corrected chi connectivity index (χ4v) is 4.04. The van der Waals surface area contributed by atoms with E-state index in [4.69, 9.17) is 4.52 Å². The third-order valence-corrected chi connectivity index (χ3v) is 6.29. The van der Waals surface area contributed by atoms with Crippen molar-refractivity contribution < 1.29 is 9.32 Å². The fraction of sp³-hybridized carbons (Fsp3) is 0.348. The highest BCUT2D eigenvalue weighted by Gasteiger charge is 2.27. The molecule has 1 aromatic heterocycles. The number of benzene rings is 2. The van der Waals surface area contributed by atoms with Gasteiger partial charge in [-0.1, -0.05) is 44.8 Å². The van der Waals surface area contributed by atoms with E-state index in [-0.39, 0.29) is 11.8 Å². The quantitative estimate of drug-likeness (QED) is 0.572. The minimum absolute atomic E-state index is 0.0538. The van der Waals surface area contributed by atoms with Crippen LogP contribution in [0.5, 0.6) is 0 Å². The molecule has 7 heteroatoms. The molecule has 1 amide bonds. The fourth-order valence-electron chi connectivity index (χ4n) is 3.79. The van der Waals surface area contributed by atoms with Gasteiger partial charge < -0.3 is 9.84 Å². The third kappa shape index (κ3) is 4.96. The van der Waals surface area contributed by atoms with E-state index in [1.807, 2.05) is 56.3 Å². The van der Waals surface area contributed by atoms with Gasteiger partial charge in [-0.05, 0) is 63.1 Å². The van der Waals surface area contributed by atoms with E-state index in [1.165, 1.54) is 0 Å². The average molecular weight is 469 g/mol. The SMILES string of the molecule is Cc1cccc(-c2noc(CN3CCCC(C(=O)Nc4ccc(Br)c(C)c4)C3)n2)c1. The zero-order chi connectivity index (χ0) is 21.1. The number of hydrogen-bond donors (Lipinski definition) is 1. The smallest absolute Gasteiger partial charge is 0.241 e. The number of anilines is 1. The summed E-state index contributed by atoms with van der Waals surface area (Å²) in [5.41, 5.74) is 4.03. The summed E-state index contributed by atoms with van der Waals surface area (Å²) in [6.07, 6.45) is 1.85. The second-order valence-electron chi connectivity index (χ2n) is 7.91. The topological polar surface area (TPSA) is 71.3 Å². The van der Waals surface area contributed by atoms with Crippen LogP contribution in [0.1, 0.15) is 29.9 Å². The Labute approximate surface area is 184 Å². The van der Waals surface area contributed by atoms with Crippen molar-refractivity contribution in [3.63, 3.8) is 0 Å². The number of aromatic nitrogens is 2. The van der Waals surface area contributed by atoms with Gasteiger partial charge in [0.2, 0.25) is 17.6 Å². The molecule has 0 radical (unpaired) electrons. The van der Waals surface area contributed by atoms with Gasteiger partial charge >= 0.3 is 0 Å². The first-order chi connectivity index (χ1) is 14.5. The van der Waals surface area contributed by atoms with Crippen LogP contribution >= 0.6 is 15.9 Å². The van der Waals surface area contributed by atoms with Gasteiger partial charge in [0.25, 0.3) is 0 Å². The summed E-state index contributed by atoms with van der Waals surface area (Å²) in [7, 11) is 0. The van der Waals surface area contributed by atoms with Crippen molar-refractivity contribution in [3.05, 3.63) is 64.0 Å². The second-order valence-corrected chi connectivity index (χ2v) is 8.76. The summed E-state index contributed by atoms with van der Waals surface area (Å²) in [5.74, 6) is 1.19. The van der Waals surface area contributed by atoms with Gasteiger partial charge in [0.05, 0.1) is 12.5 Å². The van der Waals surface area contributed by atoms with Crippen LogP contribution in [-0.2, 0) is 11.3 Å². The highest BCUT2D eigenvalue weighted by Crippen LogP contribution is 2.24. The van der Waals surface area contributed by atoms with E-state index in [0.29, 0.717) is 24.8 Å². The number of amides is 1. The van der Waals surface area contributed by atoms with Gasteiger partial charge in [-0.3, -0.25) is 9.69 Å². The van der Waals surface area contributed by atoms with Crippen molar-refractivity contribution >= 4 is 27.5 Å². The maximum absolute atomic E-state index is 12.8. The van der Waals surface area contributed by atoms with Crippen molar-refractivity contribution in [2.75, 3.05) is 18.4 Å². The van der Waals surface area contributed by atoms with Crippen LogP contribution in [0.4, 0.5) is 5.69 Å². The van der Waals surface area contributed by atoms with Crippen LogP contribution in [0, 0.1) is 19.8 Å². The lowest BCUT2D eigenvalue weighted by Gasteiger charge is -2.30. The Balaban J connectivity index is 1.37. The molecular formula is C23H25BrN4O2. The largest absolute Gasteiger partial charge is 0.338 e. The number of rotatable bonds is 5. The third-order valence-electron chi connectivity index (χ3n) is 5.41. The Hall–Kier alpha value is -2.51. The standard InChI is InChI=1S/C23H25BrN4O2/c1-15-5-3-6-17(11-15)22-26-21(30-27-22)14-28-10-4-7-18(13-28)23(29)25-19-8-9-20(24)16(2)12-19/h3,5-6,8-9,11-12,18H,4,7,10,13-14H2,1-2H3,(H,25,29). The van der Waals surface area contributed by atoms with E-state index in [9.17, 15) is 4.79 Å². The molecule has 156 valence electrons. The number of piperidine rings is 1. The molecule has 6 nitrogen and oxygen atoms in total. The molecule has 1 unspecified atom stereocenters. The van der Waals surface area contributed by atoms with Gasteiger partial charge in [0.15, 0.2) is 0 Å². The molecule has 0 bridgehead atoms. The predicted molar refractivity (Wildman–Crippen MR) is 120 cm³/mol. The van der Waals surface area contributed by atoms with Crippen LogP contribution < -0.4 is 5.32 Å². The Kier molecular flexibility index (Phi) is 6.29. The highest BCUT2D eigenvalue weighted by atomic mass is 79.9. The molecule has 1 fully saturated rings. The number of nitrogens with one attached hydrogen (secondary N) is 1. The summed E-state index contributed by atoms with van der Waals surface area (Å²) in [6.45, 7) is 6.21. The molecule has 3 aromatic rings. The van der Waals surface area contributed by atoms with Crippen molar-refractivity contribution in [1.82, 2.24) is 15.0 Å². The number of carbonyl (C=O) groups excluding carboxylic acids is 1. The lowest BCUT2D eigenvalue weighted by molar-refractivity contribution is -0.121. The number of likely N-dealkylation sites (tertiary alicyclic amines) is 1. The van der Waals surface area contributed by atoms with Crippen LogP contribution in [0.25, 0.3) is 11.4 Å². The summed E-state index contributed by atoms with van der Waals surface area (Å²) >= 11 is 3.49. The molecule has 1 N–H and O–H groups in total. The maximum Gasteiger partial charge on any atom is 0.241 e. The van der Waals surface area contributed by atoms with E-state index < -0.39 is 0 Å². The molecule has 4 rings (SSSR count). The molecule has 2 heterocycles.